The average molecular weight is 430 g/mol. The number of carboxylic acid groups (broad SMARTS) is 1. The molecule has 8 nitrogen and oxygen atoms in total. The summed E-state index contributed by atoms with van der Waals surface area (Å²) in [6.07, 6.45) is 1.01. The lowest BCUT2D eigenvalue weighted by atomic mass is 10.1. The minimum atomic E-state index is -1.14. The molecule has 9 heteroatoms. The van der Waals surface area contributed by atoms with Gasteiger partial charge in [-0.1, -0.05) is 6.92 Å². The maximum Gasteiger partial charge on any atom is 0.325 e. The number of carboxylic acids is 1. The summed E-state index contributed by atoms with van der Waals surface area (Å²) in [5, 5.41) is 14.2. The summed E-state index contributed by atoms with van der Waals surface area (Å²) in [5.41, 5.74) is 2.10. The molecule has 0 bridgehead atoms. The van der Waals surface area contributed by atoms with E-state index >= 15 is 0 Å². The zero-order chi connectivity index (χ0) is 22.0. The molecular weight excluding hydrogens is 408 g/mol. The molecule has 2 atom stereocenters. The van der Waals surface area contributed by atoms with Crippen molar-refractivity contribution in [1.82, 2.24) is 10.3 Å². The Morgan fingerprint density at radius 3 is 2.67 bits per heavy atom. The fourth-order valence-corrected chi connectivity index (χ4v) is 3.65. The fraction of sp³-hybridized carbons (Fsp3) is 0.333. The van der Waals surface area contributed by atoms with Gasteiger partial charge in [0, 0.05) is 17.1 Å². The molecule has 2 N–H and O–H groups in total. The van der Waals surface area contributed by atoms with Gasteiger partial charge in [-0.15, -0.1) is 11.3 Å². The van der Waals surface area contributed by atoms with E-state index in [0.29, 0.717) is 33.7 Å². The molecular formula is C21H22N2O6S. The van der Waals surface area contributed by atoms with Crippen LogP contribution in [0.4, 0.5) is 0 Å². The minimum Gasteiger partial charge on any atom is -0.480 e. The lowest BCUT2D eigenvalue weighted by Gasteiger charge is -2.18. The maximum absolute atomic E-state index is 13.0. The van der Waals surface area contributed by atoms with Gasteiger partial charge in [0.05, 0.1) is 10.9 Å². The summed E-state index contributed by atoms with van der Waals surface area (Å²) in [7, 11) is 0. The third kappa shape index (κ3) is 4.35. The molecule has 0 spiro atoms. The molecule has 158 valence electrons. The van der Waals surface area contributed by atoms with E-state index in [-0.39, 0.29) is 5.43 Å². The Morgan fingerprint density at radius 1 is 1.33 bits per heavy atom. The Kier molecular flexibility index (Phi) is 6.21. The van der Waals surface area contributed by atoms with Crippen molar-refractivity contribution in [2.24, 2.45) is 0 Å². The van der Waals surface area contributed by atoms with Crippen LogP contribution >= 0.6 is 11.3 Å². The van der Waals surface area contributed by atoms with E-state index in [0.717, 1.165) is 11.3 Å². The molecule has 0 radical (unpaired) electrons. The van der Waals surface area contributed by atoms with Crippen molar-refractivity contribution >= 4 is 34.2 Å². The molecule has 2 heterocycles. The van der Waals surface area contributed by atoms with Gasteiger partial charge in [-0.05, 0) is 38.8 Å². The number of hydrogen-bond donors (Lipinski definition) is 2. The van der Waals surface area contributed by atoms with Crippen molar-refractivity contribution in [2.75, 3.05) is 0 Å². The molecule has 0 aliphatic rings. The number of ether oxygens (including phenoxy) is 1. The predicted octanol–water partition coefficient (Wildman–Crippen LogP) is 3.14. The smallest absolute Gasteiger partial charge is 0.325 e. The normalized spacial score (nSPS) is 13.1. The minimum absolute atomic E-state index is 0.187. The van der Waals surface area contributed by atoms with E-state index in [1.54, 1.807) is 12.1 Å². The van der Waals surface area contributed by atoms with E-state index in [2.05, 4.69) is 10.3 Å². The molecule has 2 aromatic heterocycles. The number of aromatic nitrogens is 1. The Balaban J connectivity index is 1.94. The van der Waals surface area contributed by atoms with Crippen LogP contribution in [0.3, 0.4) is 0 Å². The van der Waals surface area contributed by atoms with Crippen LogP contribution in [0.2, 0.25) is 0 Å². The van der Waals surface area contributed by atoms with Crippen LogP contribution in [0.1, 0.15) is 32.0 Å². The molecule has 3 aromatic rings. The number of aryl methyl sites for hydroxylation is 2. The molecule has 0 aliphatic carbocycles. The number of hydrogen-bond acceptors (Lipinski definition) is 7. The summed E-state index contributed by atoms with van der Waals surface area (Å²) in [6.45, 7) is 6.66. The Bertz CT molecular complexity index is 1170. The van der Waals surface area contributed by atoms with Crippen molar-refractivity contribution < 1.29 is 23.8 Å². The monoisotopic (exact) mass is 430 g/mol. The van der Waals surface area contributed by atoms with Gasteiger partial charge in [0.1, 0.15) is 28.6 Å². The number of nitrogens with one attached hydrogen (secondary N) is 1. The Labute approximate surface area is 176 Å². The predicted molar refractivity (Wildman–Crippen MR) is 113 cm³/mol. The van der Waals surface area contributed by atoms with Crippen molar-refractivity contribution in [3.63, 3.8) is 0 Å². The number of carbonyl (C=O) groups is 2. The van der Waals surface area contributed by atoms with Gasteiger partial charge in [-0.25, -0.2) is 4.98 Å². The molecule has 1 aromatic carbocycles. The molecule has 3 rings (SSSR count). The topological polar surface area (TPSA) is 119 Å². The largest absolute Gasteiger partial charge is 0.480 e. The molecule has 0 aliphatic heterocycles. The maximum atomic E-state index is 13.0. The molecule has 1 amide bonds. The van der Waals surface area contributed by atoms with E-state index in [9.17, 15) is 14.4 Å². The van der Waals surface area contributed by atoms with Gasteiger partial charge >= 0.3 is 5.97 Å². The number of benzene rings is 1. The van der Waals surface area contributed by atoms with E-state index in [4.69, 9.17) is 14.3 Å². The van der Waals surface area contributed by atoms with Crippen molar-refractivity contribution in [3.8, 4) is 16.3 Å². The zero-order valence-electron chi connectivity index (χ0n) is 17.0. The van der Waals surface area contributed by atoms with Gasteiger partial charge in [0.2, 0.25) is 5.43 Å². The molecule has 0 saturated carbocycles. The van der Waals surface area contributed by atoms with Crippen LogP contribution in [0.25, 0.3) is 21.5 Å². The number of amides is 1. The lowest BCUT2D eigenvalue weighted by molar-refractivity contribution is -0.142. The fourth-order valence-electron chi connectivity index (χ4n) is 2.85. The quantitative estimate of drug-likeness (QED) is 0.591. The molecule has 30 heavy (non-hydrogen) atoms. The highest BCUT2D eigenvalue weighted by molar-refractivity contribution is 7.13. The zero-order valence-corrected chi connectivity index (χ0v) is 17.8. The standard InChI is InChI=1S/C21H22N2O6S/c1-5-13-6-14-17(28-8-15(18(14)24)20-22-10(2)9-30-20)7-16(13)29-12(4)19(25)23-11(3)21(26)27/h6-9,11-12H,5H2,1-4H3,(H,23,25)(H,26,27)/t11-,12-/m1/s1. The van der Waals surface area contributed by atoms with Gasteiger partial charge in [0.15, 0.2) is 6.10 Å². The van der Waals surface area contributed by atoms with E-state index < -0.39 is 24.0 Å². The summed E-state index contributed by atoms with van der Waals surface area (Å²) < 4.78 is 11.4. The van der Waals surface area contributed by atoms with Crippen LogP contribution in [0.5, 0.6) is 5.75 Å². The number of fused-ring (bicyclic) bond motifs is 1. The Hall–Kier alpha value is -3.20. The molecule has 0 unspecified atom stereocenters. The van der Waals surface area contributed by atoms with Gasteiger partial charge in [-0.3, -0.25) is 14.4 Å². The van der Waals surface area contributed by atoms with Crippen LogP contribution in [-0.2, 0) is 16.0 Å². The summed E-state index contributed by atoms with van der Waals surface area (Å²) in [4.78, 5) is 40.5. The third-order valence-corrected chi connectivity index (χ3v) is 5.58. The first-order chi connectivity index (χ1) is 14.2. The second-order valence-electron chi connectivity index (χ2n) is 6.91. The van der Waals surface area contributed by atoms with Crippen molar-refractivity contribution in [3.05, 3.63) is 45.3 Å². The second kappa shape index (κ2) is 8.66. The second-order valence-corrected chi connectivity index (χ2v) is 7.77. The van der Waals surface area contributed by atoms with Gasteiger partial charge in [0.25, 0.3) is 5.91 Å². The van der Waals surface area contributed by atoms with Gasteiger partial charge < -0.3 is 19.6 Å². The summed E-state index contributed by atoms with van der Waals surface area (Å²) in [6, 6.07) is 2.25. The van der Waals surface area contributed by atoms with Gasteiger partial charge in [-0.2, -0.15) is 0 Å². The summed E-state index contributed by atoms with van der Waals surface area (Å²) in [5.74, 6) is -1.29. The highest BCUT2D eigenvalue weighted by Gasteiger charge is 2.22. The Morgan fingerprint density at radius 2 is 2.07 bits per heavy atom. The van der Waals surface area contributed by atoms with E-state index in [1.165, 1.54) is 31.4 Å². The number of carbonyl (C=O) groups excluding carboxylic acids is 1. The molecule has 0 saturated heterocycles. The summed E-state index contributed by atoms with van der Waals surface area (Å²) >= 11 is 1.37. The SMILES string of the molecule is CCc1cc2c(=O)c(-c3nc(C)cs3)coc2cc1O[C@H](C)C(=O)N[C@H](C)C(=O)O. The van der Waals surface area contributed by atoms with Crippen LogP contribution in [-0.4, -0.2) is 34.1 Å². The number of thiazole rings is 1. The number of aliphatic carboxylic acids is 1. The number of nitrogens with zero attached hydrogens (tertiary/aromatic N) is 1. The van der Waals surface area contributed by atoms with Crippen molar-refractivity contribution in [2.45, 2.75) is 46.3 Å². The number of rotatable bonds is 7. The molecule has 0 fully saturated rings. The third-order valence-electron chi connectivity index (χ3n) is 4.59. The lowest BCUT2D eigenvalue weighted by Crippen LogP contribution is -2.44. The van der Waals surface area contributed by atoms with Crippen LogP contribution < -0.4 is 15.5 Å². The highest BCUT2D eigenvalue weighted by atomic mass is 32.1. The first-order valence-corrected chi connectivity index (χ1v) is 10.3. The van der Waals surface area contributed by atoms with E-state index in [1.807, 2.05) is 19.2 Å². The van der Waals surface area contributed by atoms with Crippen molar-refractivity contribution in [1.29, 1.82) is 0 Å². The first kappa shape index (κ1) is 21.5. The van der Waals surface area contributed by atoms with Crippen LogP contribution in [0, 0.1) is 6.92 Å². The highest BCUT2D eigenvalue weighted by Crippen LogP contribution is 2.29. The van der Waals surface area contributed by atoms with Crippen LogP contribution in [0.15, 0.2) is 33.0 Å². The average Bonchev–Trinajstić information content (AvgIpc) is 3.13. The first-order valence-electron chi connectivity index (χ1n) is 9.42.